The summed E-state index contributed by atoms with van der Waals surface area (Å²) in [6, 6.07) is 9.71. The minimum absolute atomic E-state index is 0.0388. The third-order valence-electron chi connectivity index (χ3n) is 3.85. The number of nitriles is 1. The van der Waals surface area contributed by atoms with E-state index < -0.39 is 22.5 Å². The number of benzene rings is 2. The van der Waals surface area contributed by atoms with Gasteiger partial charge in [0.15, 0.2) is 11.5 Å². The van der Waals surface area contributed by atoms with E-state index >= 15 is 0 Å². The molecule has 0 radical (unpaired) electrons. The first kappa shape index (κ1) is 23.1. The molecule has 0 aliphatic carbocycles. The number of nitro benzene ring substituents is 1. The van der Waals surface area contributed by atoms with Crippen molar-refractivity contribution < 1.29 is 24.0 Å². The monoisotopic (exact) mass is 441 g/mol. The lowest BCUT2D eigenvalue weighted by molar-refractivity contribution is -0.384. The van der Waals surface area contributed by atoms with Crippen molar-refractivity contribution in [2.45, 2.75) is 0 Å². The van der Waals surface area contributed by atoms with Crippen molar-refractivity contribution in [3.8, 4) is 17.6 Å². The normalized spacial score (nSPS) is 10.5. The molecule has 0 unspecified atom stereocenters. The lowest BCUT2D eigenvalue weighted by Gasteiger charge is -2.10. The third-order valence-corrected chi connectivity index (χ3v) is 4.17. The zero-order valence-electron chi connectivity index (χ0n) is 16.3. The topological polar surface area (TPSA) is 132 Å². The summed E-state index contributed by atoms with van der Waals surface area (Å²) < 4.78 is 10.5. The molecule has 2 aromatic carbocycles. The van der Waals surface area contributed by atoms with Gasteiger partial charge in [0.25, 0.3) is 11.6 Å². The minimum Gasteiger partial charge on any atom is -0.493 e. The first-order valence-corrected chi connectivity index (χ1v) is 9.03. The molecule has 0 saturated heterocycles. The molecule has 0 fully saturated rings. The number of hydrogen-bond donors (Lipinski definition) is 1. The lowest BCUT2D eigenvalue weighted by Crippen LogP contribution is -2.24. The predicted octanol–water partition coefficient (Wildman–Crippen LogP) is 3.69. The Morgan fingerprint density at radius 2 is 2.03 bits per heavy atom. The van der Waals surface area contributed by atoms with Crippen LogP contribution >= 0.6 is 11.6 Å². The summed E-state index contributed by atoms with van der Waals surface area (Å²) in [5.74, 6) is -1.24. The van der Waals surface area contributed by atoms with Gasteiger partial charge < -0.3 is 14.8 Å². The van der Waals surface area contributed by atoms with Gasteiger partial charge in [-0.3, -0.25) is 14.9 Å². The van der Waals surface area contributed by atoms with Gasteiger partial charge in [-0.25, -0.2) is 4.79 Å². The maximum Gasteiger partial charge on any atom is 0.343 e. The summed E-state index contributed by atoms with van der Waals surface area (Å²) in [6.07, 6.45) is 2.82. The number of nitrogens with zero attached hydrogens (tertiary/aromatic N) is 2. The Balaban J connectivity index is 2.29. The first-order chi connectivity index (χ1) is 14.8. The molecule has 0 saturated carbocycles. The molecule has 0 aromatic heterocycles. The second-order valence-corrected chi connectivity index (χ2v) is 6.30. The molecular formula is C21H16ClN3O6. The highest BCUT2D eigenvalue weighted by Gasteiger charge is 2.19. The van der Waals surface area contributed by atoms with Crippen molar-refractivity contribution in [3.63, 3.8) is 0 Å². The largest absolute Gasteiger partial charge is 0.493 e. The van der Waals surface area contributed by atoms with Crippen LogP contribution in [0.25, 0.3) is 6.08 Å². The summed E-state index contributed by atoms with van der Waals surface area (Å²) in [7, 11) is 1.34. The van der Waals surface area contributed by atoms with Crippen LogP contribution < -0.4 is 14.8 Å². The fourth-order valence-electron chi connectivity index (χ4n) is 2.37. The standard InChI is InChI=1S/C21H16ClN3O6/c1-3-8-24-20(26)15(12-23)9-13-4-7-18(19(10-13)30-2)31-21(27)14-5-6-16(22)17(11-14)25(28)29/h3-7,9-11H,1,8H2,2H3,(H,24,26). The van der Waals surface area contributed by atoms with E-state index in [1.165, 1.54) is 49.6 Å². The average molecular weight is 442 g/mol. The van der Waals surface area contributed by atoms with E-state index in [0.717, 1.165) is 6.07 Å². The highest BCUT2D eigenvalue weighted by Crippen LogP contribution is 2.31. The van der Waals surface area contributed by atoms with Crippen LogP contribution in [0.1, 0.15) is 15.9 Å². The van der Waals surface area contributed by atoms with Gasteiger partial charge in [-0.1, -0.05) is 23.7 Å². The Labute approximate surface area is 182 Å². The fraction of sp³-hybridized carbons (Fsp3) is 0.0952. The van der Waals surface area contributed by atoms with Crippen molar-refractivity contribution in [1.29, 1.82) is 5.26 Å². The summed E-state index contributed by atoms with van der Waals surface area (Å²) in [6.45, 7) is 3.69. The molecule has 2 aromatic rings. The summed E-state index contributed by atoms with van der Waals surface area (Å²) >= 11 is 5.75. The number of nitro groups is 1. The number of carbonyl (C=O) groups excluding carboxylic acids is 2. The van der Waals surface area contributed by atoms with Gasteiger partial charge in [-0.2, -0.15) is 5.26 Å². The van der Waals surface area contributed by atoms with Crippen molar-refractivity contribution in [1.82, 2.24) is 5.32 Å². The number of carbonyl (C=O) groups is 2. The third kappa shape index (κ3) is 5.91. The Kier molecular flexibility index (Phi) is 7.88. The van der Waals surface area contributed by atoms with Crippen molar-refractivity contribution in [2.75, 3.05) is 13.7 Å². The lowest BCUT2D eigenvalue weighted by atomic mass is 10.1. The zero-order valence-corrected chi connectivity index (χ0v) is 17.0. The molecule has 0 bridgehead atoms. The van der Waals surface area contributed by atoms with Crippen LogP contribution in [0.5, 0.6) is 11.5 Å². The highest BCUT2D eigenvalue weighted by molar-refractivity contribution is 6.32. The second-order valence-electron chi connectivity index (χ2n) is 5.89. The van der Waals surface area contributed by atoms with Crippen molar-refractivity contribution >= 4 is 35.2 Å². The Morgan fingerprint density at radius 1 is 1.29 bits per heavy atom. The van der Waals surface area contributed by atoms with Gasteiger partial charge >= 0.3 is 5.97 Å². The predicted molar refractivity (Wildman–Crippen MR) is 113 cm³/mol. The SMILES string of the molecule is C=CCNC(=O)C(C#N)=Cc1ccc(OC(=O)c2ccc(Cl)c([N+](=O)[O-])c2)c(OC)c1. The number of esters is 1. The first-order valence-electron chi connectivity index (χ1n) is 8.65. The van der Waals surface area contributed by atoms with Gasteiger partial charge in [0.05, 0.1) is 17.6 Å². The van der Waals surface area contributed by atoms with Gasteiger partial charge in [0, 0.05) is 12.6 Å². The van der Waals surface area contributed by atoms with E-state index in [9.17, 15) is 25.0 Å². The van der Waals surface area contributed by atoms with E-state index in [1.54, 1.807) is 6.07 Å². The van der Waals surface area contributed by atoms with Crippen LogP contribution in [0.2, 0.25) is 5.02 Å². The highest BCUT2D eigenvalue weighted by atomic mass is 35.5. The molecule has 31 heavy (non-hydrogen) atoms. The number of halogens is 1. The molecule has 1 N–H and O–H groups in total. The molecule has 0 heterocycles. The minimum atomic E-state index is -0.858. The van der Waals surface area contributed by atoms with Crippen LogP contribution in [0.3, 0.4) is 0 Å². The van der Waals surface area contributed by atoms with E-state index in [0.29, 0.717) is 5.56 Å². The molecule has 9 nitrogen and oxygen atoms in total. The number of hydrogen-bond acceptors (Lipinski definition) is 7. The molecule has 0 atom stereocenters. The van der Waals surface area contributed by atoms with Crippen LogP contribution in [0, 0.1) is 21.4 Å². The number of methoxy groups -OCH3 is 1. The summed E-state index contributed by atoms with van der Waals surface area (Å²) in [5.41, 5.74) is -0.193. The van der Waals surface area contributed by atoms with Gasteiger partial charge in [0.2, 0.25) is 0 Å². The smallest absolute Gasteiger partial charge is 0.343 e. The number of rotatable bonds is 8. The van der Waals surface area contributed by atoms with E-state index in [2.05, 4.69) is 11.9 Å². The van der Waals surface area contributed by atoms with E-state index in [-0.39, 0.29) is 34.2 Å². The summed E-state index contributed by atoms with van der Waals surface area (Å²) in [4.78, 5) is 34.7. The maximum absolute atomic E-state index is 12.4. The van der Waals surface area contributed by atoms with Gasteiger partial charge in [-0.15, -0.1) is 6.58 Å². The molecular weight excluding hydrogens is 426 g/mol. The molecule has 158 valence electrons. The fourth-order valence-corrected chi connectivity index (χ4v) is 2.56. The number of nitrogens with one attached hydrogen (secondary N) is 1. The Bertz CT molecular complexity index is 1120. The molecule has 2 rings (SSSR count). The van der Waals surface area contributed by atoms with E-state index in [1.807, 2.05) is 0 Å². The Morgan fingerprint density at radius 3 is 2.65 bits per heavy atom. The number of amides is 1. The average Bonchev–Trinajstić information content (AvgIpc) is 2.76. The van der Waals surface area contributed by atoms with Crippen molar-refractivity contribution in [2.24, 2.45) is 0 Å². The van der Waals surface area contributed by atoms with Crippen LogP contribution in [-0.2, 0) is 4.79 Å². The zero-order chi connectivity index (χ0) is 23.0. The van der Waals surface area contributed by atoms with Gasteiger partial charge in [-0.05, 0) is 35.9 Å². The maximum atomic E-state index is 12.4. The van der Waals surface area contributed by atoms with Crippen LogP contribution in [-0.4, -0.2) is 30.5 Å². The van der Waals surface area contributed by atoms with Crippen molar-refractivity contribution in [3.05, 3.63) is 80.9 Å². The van der Waals surface area contributed by atoms with Crippen LogP contribution in [0.4, 0.5) is 5.69 Å². The molecule has 0 aliphatic heterocycles. The summed E-state index contributed by atoms with van der Waals surface area (Å²) in [5, 5.41) is 22.6. The molecule has 1 amide bonds. The molecule has 0 spiro atoms. The second kappa shape index (κ2) is 10.6. The van der Waals surface area contributed by atoms with E-state index in [4.69, 9.17) is 21.1 Å². The van der Waals surface area contributed by atoms with Gasteiger partial charge in [0.1, 0.15) is 16.7 Å². The Hall–Kier alpha value is -4.16. The molecule has 10 heteroatoms. The quantitative estimate of drug-likeness (QED) is 0.126. The number of ether oxygens (including phenoxy) is 2. The molecule has 0 aliphatic rings. The van der Waals surface area contributed by atoms with Crippen LogP contribution in [0.15, 0.2) is 54.6 Å².